The van der Waals surface area contributed by atoms with E-state index in [4.69, 9.17) is 4.42 Å². The lowest BCUT2D eigenvalue weighted by Gasteiger charge is -2.07. The molecule has 1 heterocycles. The van der Waals surface area contributed by atoms with Gasteiger partial charge >= 0.3 is 0 Å². The largest absolute Gasteiger partial charge is 0.468 e. The minimum Gasteiger partial charge on any atom is -0.468 e. The Morgan fingerprint density at radius 3 is 2.57 bits per heavy atom. The van der Waals surface area contributed by atoms with Crippen LogP contribution in [-0.4, -0.2) is 17.6 Å². The molecule has 0 fully saturated rings. The van der Waals surface area contributed by atoms with Crippen molar-refractivity contribution in [3.8, 4) is 0 Å². The molecule has 0 bridgehead atoms. The summed E-state index contributed by atoms with van der Waals surface area (Å²) in [5.74, 6) is 1.61. The lowest BCUT2D eigenvalue weighted by molar-refractivity contribution is -0.114. The summed E-state index contributed by atoms with van der Waals surface area (Å²) in [5.41, 5.74) is 1.31. The van der Waals surface area contributed by atoms with E-state index in [0.29, 0.717) is 22.9 Å². The predicted molar refractivity (Wildman–Crippen MR) is 84.2 cm³/mol. The Balaban J connectivity index is 1.80. The number of anilines is 2. The summed E-state index contributed by atoms with van der Waals surface area (Å²) >= 11 is 1.48. The zero-order valence-electron chi connectivity index (χ0n) is 11.6. The molecule has 5 nitrogen and oxygen atoms in total. The van der Waals surface area contributed by atoms with Gasteiger partial charge in [0.2, 0.25) is 11.8 Å². The lowest BCUT2D eigenvalue weighted by Crippen LogP contribution is -2.14. The highest BCUT2D eigenvalue weighted by molar-refractivity contribution is 7.99. The van der Waals surface area contributed by atoms with Crippen molar-refractivity contribution in [3.05, 3.63) is 48.4 Å². The number of benzene rings is 1. The fourth-order valence-corrected chi connectivity index (χ4v) is 2.44. The SMILES string of the molecule is CC(=O)Nc1cccc(NC(=O)CSCc2ccco2)c1. The minimum absolute atomic E-state index is 0.0912. The van der Waals surface area contributed by atoms with Gasteiger partial charge in [0.05, 0.1) is 17.8 Å². The van der Waals surface area contributed by atoms with Gasteiger partial charge in [0, 0.05) is 18.3 Å². The third-order valence-corrected chi connectivity index (χ3v) is 3.48. The molecule has 0 spiro atoms. The molecule has 1 aromatic carbocycles. The highest BCUT2D eigenvalue weighted by Crippen LogP contribution is 2.16. The van der Waals surface area contributed by atoms with Gasteiger partial charge in [-0.1, -0.05) is 6.07 Å². The van der Waals surface area contributed by atoms with Gasteiger partial charge in [-0.15, -0.1) is 11.8 Å². The first-order valence-electron chi connectivity index (χ1n) is 6.41. The molecule has 1 aromatic heterocycles. The van der Waals surface area contributed by atoms with Crippen LogP contribution in [0.2, 0.25) is 0 Å². The van der Waals surface area contributed by atoms with Crippen LogP contribution >= 0.6 is 11.8 Å². The molecule has 2 rings (SSSR count). The number of nitrogens with one attached hydrogen (secondary N) is 2. The van der Waals surface area contributed by atoms with Crippen LogP contribution in [0, 0.1) is 0 Å². The Labute approximate surface area is 127 Å². The number of amides is 2. The second-order valence-electron chi connectivity index (χ2n) is 4.38. The van der Waals surface area contributed by atoms with Crippen LogP contribution in [0.15, 0.2) is 47.1 Å². The molecule has 0 saturated carbocycles. The van der Waals surface area contributed by atoms with Crippen molar-refractivity contribution in [2.45, 2.75) is 12.7 Å². The molecule has 0 unspecified atom stereocenters. The van der Waals surface area contributed by atoms with Crippen molar-refractivity contribution >= 4 is 35.0 Å². The molecular formula is C15H16N2O3S. The van der Waals surface area contributed by atoms with Gasteiger partial charge in [-0.05, 0) is 30.3 Å². The number of rotatable bonds is 6. The van der Waals surface area contributed by atoms with E-state index >= 15 is 0 Å². The monoisotopic (exact) mass is 304 g/mol. The van der Waals surface area contributed by atoms with Gasteiger partial charge in [-0.2, -0.15) is 0 Å². The van der Waals surface area contributed by atoms with Crippen LogP contribution in [0.1, 0.15) is 12.7 Å². The molecule has 0 radical (unpaired) electrons. The maximum Gasteiger partial charge on any atom is 0.234 e. The van der Waals surface area contributed by atoms with Crippen molar-refractivity contribution < 1.29 is 14.0 Å². The Morgan fingerprint density at radius 1 is 1.14 bits per heavy atom. The average Bonchev–Trinajstić information content (AvgIpc) is 2.91. The van der Waals surface area contributed by atoms with Gasteiger partial charge in [0.25, 0.3) is 0 Å². The van der Waals surface area contributed by atoms with Crippen LogP contribution in [0.3, 0.4) is 0 Å². The van der Waals surface area contributed by atoms with E-state index < -0.39 is 0 Å². The maximum atomic E-state index is 11.8. The van der Waals surface area contributed by atoms with Crippen LogP contribution in [0.25, 0.3) is 0 Å². The molecule has 2 aromatic rings. The smallest absolute Gasteiger partial charge is 0.234 e. The number of carbonyl (C=O) groups is 2. The summed E-state index contributed by atoms with van der Waals surface area (Å²) in [4.78, 5) is 22.8. The molecule has 6 heteroatoms. The number of furan rings is 1. The molecule has 0 atom stereocenters. The van der Waals surface area contributed by atoms with E-state index in [1.807, 2.05) is 12.1 Å². The number of carbonyl (C=O) groups excluding carboxylic acids is 2. The van der Waals surface area contributed by atoms with E-state index in [0.717, 1.165) is 5.76 Å². The summed E-state index contributed by atoms with van der Waals surface area (Å²) in [6.07, 6.45) is 1.61. The first kappa shape index (κ1) is 15.2. The third-order valence-electron chi connectivity index (χ3n) is 2.52. The first-order valence-corrected chi connectivity index (χ1v) is 7.56. The van der Waals surface area contributed by atoms with E-state index in [-0.39, 0.29) is 11.8 Å². The maximum absolute atomic E-state index is 11.8. The molecule has 0 saturated heterocycles. The molecule has 2 N–H and O–H groups in total. The van der Waals surface area contributed by atoms with Crippen molar-refractivity contribution in [1.29, 1.82) is 0 Å². The fourth-order valence-electron chi connectivity index (χ4n) is 1.71. The molecular weight excluding hydrogens is 288 g/mol. The Bertz CT molecular complexity index is 611. The molecule has 110 valence electrons. The molecule has 0 aliphatic carbocycles. The van der Waals surface area contributed by atoms with E-state index in [1.165, 1.54) is 18.7 Å². The van der Waals surface area contributed by atoms with Crippen molar-refractivity contribution in [2.24, 2.45) is 0 Å². The summed E-state index contributed by atoms with van der Waals surface area (Å²) in [5, 5.41) is 5.47. The van der Waals surface area contributed by atoms with Crippen LogP contribution < -0.4 is 10.6 Å². The second kappa shape index (κ2) is 7.54. The predicted octanol–water partition coefficient (Wildman–Crippen LogP) is 3.11. The summed E-state index contributed by atoms with van der Waals surface area (Å²) < 4.78 is 5.19. The third kappa shape index (κ3) is 5.35. The zero-order valence-corrected chi connectivity index (χ0v) is 12.4. The topological polar surface area (TPSA) is 71.3 Å². The van der Waals surface area contributed by atoms with Crippen molar-refractivity contribution in [1.82, 2.24) is 0 Å². The Kier molecular flexibility index (Phi) is 5.45. The molecule has 21 heavy (non-hydrogen) atoms. The van der Waals surface area contributed by atoms with Gasteiger partial charge in [0.1, 0.15) is 5.76 Å². The second-order valence-corrected chi connectivity index (χ2v) is 5.37. The van der Waals surface area contributed by atoms with Crippen LogP contribution in [0.4, 0.5) is 11.4 Å². The Morgan fingerprint density at radius 2 is 1.90 bits per heavy atom. The number of hydrogen-bond donors (Lipinski definition) is 2. The molecule has 0 aliphatic heterocycles. The first-order chi connectivity index (χ1) is 10.1. The summed E-state index contributed by atoms with van der Waals surface area (Å²) in [6.45, 7) is 1.44. The Hall–Kier alpha value is -2.21. The minimum atomic E-state index is -0.146. The van der Waals surface area contributed by atoms with E-state index in [2.05, 4.69) is 10.6 Å². The van der Waals surface area contributed by atoms with Gasteiger partial charge in [-0.3, -0.25) is 9.59 Å². The van der Waals surface area contributed by atoms with Crippen LogP contribution in [0.5, 0.6) is 0 Å². The highest BCUT2D eigenvalue weighted by atomic mass is 32.2. The van der Waals surface area contributed by atoms with Gasteiger partial charge < -0.3 is 15.1 Å². The lowest BCUT2D eigenvalue weighted by atomic mass is 10.2. The van der Waals surface area contributed by atoms with E-state index in [9.17, 15) is 9.59 Å². The fraction of sp³-hybridized carbons (Fsp3) is 0.200. The van der Waals surface area contributed by atoms with Gasteiger partial charge in [-0.25, -0.2) is 0 Å². The average molecular weight is 304 g/mol. The molecule has 2 amide bonds. The van der Waals surface area contributed by atoms with Gasteiger partial charge in [0.15, 0.2) is 0 Å². The van der Waals surface area contributed by atoms with Crippen LogP contribution in [-0.2, 0) is 15.3 Å². The number of thioether (sulfide) groups is 1. The quantitative estimate of drug-likeness (QED) is 0.860. The zero-order chi connectivity index (χ0) is 15.1. The van der Waals surface area contributed by atoms with Crippen molar-refractivity contribution in [3.63, 3.8) is 0 Å². The van der Waals surface area contributed by atoms with E-state index in [1.54, 1.807) is 30.5 Å². The highest BCUT2D eigenvalue weighted by Gasteiger charge is 2.05. The van der Waals surface area contributed by atoms with Crippen molar-refractivity contribution in [2.75, 3.05) is 16.4 Å². The summed E-state index contributed by atoms with van der Waals surface area (Å²) in [6, 6.07) is 10.7. The number of hydrogen-bond acceptors (Lipinski definition) is 4. The normalized spacial score (nSPS) is 10.1. The summed E-state index contributed by atoms with van der Waals surface area (Å²) in [7, 11) is 0. The standard InChI is InChI=1S/C15H16N2O3S/c1-11(18)16-12-4-2-5-13(8-12)17-15(19)10-21-9-14-6-3-7-20-14/h2-8H,9-10H2,1H3,(H,16,18)(H,17,19). The molecule has 0 aliphatic rings.